The summed E-state index contributed by atoms with van der Waals surface area (Å²) in [5, 5.41) is 10.1. The highest BCUT2D eigenvalue weighted by atomic mass is 16.5. The molecule has 1 atom stereocenters. The SMILES string of the molecule is COCCCN(Cc1ccc(C)o1)CC(O)COCC(C)C. The van der Waals surface area contributed by atoms with Gasteiger partial charge in [-0.15, -0.1) is 0 Å². The molecule has 1 heterocycles. The Balaban J connectivity index is 2.42. The first-order chi connectivity index (χ1) is 10.5. The van der Waals surface area contributed by atoms with E-state index in [2.05, 4.69) is 18.7 Å². The second kappa shape index (κ2) is 10.8. The highest BCUT2D eigenvalue weighted by molar-refractivity contribution is 5.05. The lowest BCUT2D eigenvalue weighted by atomic mass is 10.2. The minimum Gasteiger partial charge on any atom is -0.465 e. The number of furan rings is 1. The van der Waals surface area contributed by atoms with Gasteiger partial charge < -0.3 is 19.0 Å². The molecule has 0 aliphatic carbocycles. The number of aryl methyl sites for hydroxylation is 1. The van der Waals surface area contributed by atoms with Crippen LogP contribution in [0.2, 0.25) is 0 Å². The number of ether oxygens (including phenoxy) is 2. The summed E-state index contributed by atoms with van der Waals surface area (Å²) in [6.07, 6.45) is 0.438. The molecule has 0 radical (unpaired) electrons. The van der Waals surface area contributed by atoms with Gasteiger partial charge in [0.15, 0.2) is 0 Å². The first-order valence-corrected chi connectivity index (χ1v) is 8.03. The van der Waals surface area contributed by atoms with Crippen molar-refractivity contribution in [1.82, 2.24) is 4.90 Å². The fourth-order valence-corrected chi connectivity index (χ4v) is 2.25. The van der Waals surface area contributed by atoms with Gasteiger partial charge in [-0.25, -0.2) is 0 Å². The van der Waals surface area contributed by atoms with Crippen LogP contribution in [0.3, 0.4) is 0 Å². The molecular formula is C17H31NO4. The number of aliphatic hydroxyl groups is 1. The van der Waals surface area contributed by atoms with Gasteiger partial charge in [-0.05, 0) is 31.4 Å². The van der Waals surface area contributed by atoms with E-state index in [0.29, 0.717) is 38.8 Å². The second-order valence-corrected chi connectivity index (χ2v) is 6.18. The van der Waals surface area contributed by atoms with Crippen LogP contribution >= 0.6 is 0 Å². The monoisotopic (exact) mass is 313 g/mol. The first-order valence-electron chi connectivity index (χ1n) is 8.03. The minimum absolute atomic E-state index is 0.371. The fraction of sp³-hybridized carbons (Fsp3) is 0.765. The molecule has 0 amide bonds. The van der Waals surface area contributed by atoms with Gasteiger partial charge in [-0.1, -0.05) is 13.8 Å². The molecule has 5 heteroatoms. The summed E-state index contributed by atoms with van der Waals surface area (Å²) >= 11 is 0. The summed E-state index contributed by atoms with van der Waals surface area (Å²) < 4.78 is 16.2. The summed E-state index contributed by atoms with van der Waals surface area (Å²) in [4.78, 5) is 2.18. The Morgan fingerprint density at radius 2 is 2.05 bits per heavy atom. The van der Waals surface area contributed by atoms with Crippen LogP contribution in [0.25, 0.3) is 0 Å². The molecular weight excluding hydrogens is 282 g/mol. The topological polar surface area (TPSA) is 55.1 Å². The van der Waals surface area contributed by atoms with E-state index in [-0.39, 0.29) is 0 Å². The lowest BCUT2D eigenvalue weighted by molar-refractivity contribution is 0.00486. The highest BCUT2D eigenvalue weighted by Crippen LogP contribution is 2.11. The van der Waals surface area contributed by atoms with Gasteiger partial charge >= 0.3 is 0 Å². The number of aliphatic hydroxyl groups excluding tert-OH is 1. The Kier molecular flexibility index (Phi) is 9.39. The lowest BCUT2D eigenvalue weighted by Crippen LogP contribution is -2.35. The van der Waals surface area contributed by atoms with Crippen molar-refractivity contribution in [2.45, 2.75) is 39.8 Å². The molecule has 1 rings (SSSR count). The Bertz CT molecular complexity index is 392. The van der Waals surface area contributed by atoms with Crippen molar-refractivity contribution in [2.75, 3.05) is 40.0 Å². The van der Waals surface area contributed by atoms with Crippen molar-refractivity contribution in [1.29, 1.82) is 0 Å². The normalized spacial score (nSPS) is 13.2. The van der Waals surface area contributed by atoms with Crippen molar-refractivity contribution >= 4 is 0 Å². The predicted molar refractivity (Wildman–Crippen MR) is 86.9 cm³/mol. The number of hydrogen-bond acceptors (Lipinski definition) is 5. The molecule has 0 saturated heterocycles. The largest absolute Gasteiger partial charge is 0.465 e. The molecule has 22 heavy (non-hydrogen) atoms. The van der Waals surface area contributed by atoms with Gasteiger partial charge in [0.25, 0.3) is 0 Å². The van der Waals surface area contributed by atoms with Crippen molar-refractivity contribution < 1.29 is 19.0 Å². The van der Waals surface area contributed by atoms with Crippen molar-refractivity contribution in [3.8, 4) is 0 Å². The summed E-state index contributed by atoms with van der Waals surface area (Å²) in [7, 11) is 1.70. The number of methoxy groups -OCH3 is 1. The zero-order valence-corrected chi connectivity index (χ0v) is 14.4. The van der Waals surface area contributed by atoms with E-state index in [1.807, 2.05) is 19.1 Å². The third-order valence-corrected chi connectivity index (χ3v) is 3.23. The molecule has 1 aromatic heterocycles. The van der Waals surface area contributed by atoms with Crippen LogP contribution in [0.15, 0.2) is 16.5 Å². The smallest absolute Gasteiger partial charge is 0.118 e. The number of nitrogens with zero attached hydrogens (tertiary/aromatic N) is 1. The number of rotatable bonds is 12. The van der Waals surface area contributed by atoms with E-state index < -0.39 is 6.10 Å². The predicted octanol–water partition coefficient (Wildman–Crippen LogP) is 2.46. The molecule has 5 nitrogen and oxygen atoms in total. The van der Waals surface area contributed by atoms with Crippen LogP contribution in [0.1, 0.15) is 31.8 Å². The summed E-state index contributed by atoms with van der Waals surface area (Å²) in [6, 6.07) is 3.95. The Hall–Kier alpha value is -0.880. The van der Waals surface area contributed by atoms with Crippen molar-refractivity contribution in [3.63, 3.8) is 0 Å². The zero-order chi connectivity index (χ0) is 16.4. The van der Waals surface area contributed by atoms with Crippen molar-refractivity contribution in [3.05, 3.63) is 23.7 Å². The Morgan fingerprint density at radius 1 is 1.27 bits per heavy atom. The lowest BCUT2D eigenvalue weighted by Gasteiger charge is -2.24. The summed E-state index contributed by atoms with van der Waals surface area (Å²) in [5.41, 5.74) is 0. The minimum atomic E-state index is -0.489. The van der Waals surface area contributed by atoms with Crippen LogP contribution < -0.4 is 0 Å². The van der Waals surface area contributed by atoms with E-state index >= 15 is 0 Å². The summed E-state index contributed by atoms with van der Waals surface area (Å²) in [5.74, 6) is 2.31. The Labute approximate surface area is 134 Å². The molecule has 0 fully saturated rings. The van der Waals surface area contributed by atoms with Gasteiger partial charge in [0.1, 0.15) is 11.5 Å². The van der Waals surface area contributed by atoms with E-state index in [9.17, 15) is 5.11 Å². The molecule has 1 N–H and O–H groups in total. The van der Waals surface area contributed by atoms with E-state index in [0.717, 1.165) is 24.5 Å². The van der Waals surface area contributed by atoms with E-state index in [4.69, 9.17) is 13.9 Å². The van der Waals surface area contributed by atoms with Crippen LogP contribution in [0, 0.1) is 12.8 Å². The van der Waals surface area contributed by atoms with Gasteiger partial charge in [0.05, 0.1) is 19.3 Å². The molecule has 0 saturated carbocycles. The fourth-order valence-electron chi connectivity index (χ4n) is 2.25. The highest BCUT2D eigenvalue weighted by Gasteiger charge is 2.14. The van der Waals surface area contributed by atoms with E-state index in [1.165, 1.54) is 0 Å². The molecule has 0 aliphatic rings. The summed E-state index contributed by atoms with van der Waals surface area (Å²) in [6.45, 7) is 10.0. The Morgan fingerprint density at radius 3 is 2.64 bits per heavy atom. The molecule has 128 valence electrons. The third kappa shape index (κ3) is 8.54. The van der Waals surface area contributed by atoms with Crippen molar-refractivity contribution in [2.24, 2.45) is 5.92 Å². The average molecular weight is 313 g/mol. The van der Waals surface area contributed by atoms with Gasteiger partial charge in [0.2, 0.25) is 0 Å². The van der Waals surface area contributed by atoms with Crippen LogP contribution in [0.4, 0.5) is 0 Å². The van der Waals surface area contributed by atoms with E-state index in [1.54, 1.807) is 7.11 Å². The molecule has 1 unspecified atom stereocenters. The molecule has 0 aliphatic heterocycles. The standard InChI is InChI=1S/C17H31NO4/c1-14(2)12-21-13-16(19)10-18(8-5-9-20-4)11-17-7-6-15(3)22-17/h6-7,14,16,19H,5,8-13H2,1-4H3. The molecule has 0 bridgehead atoms. The maximum atomic E-state index is 10.1. The second-order valence-electron chi connectivity index (χ2n) is 6.18. The van der Waals surface area contributed by atoms with Gasteiger partial charge in [0, 0.05) is 33.4 Å². The maximum Gasteiger partial charge on any atom is 0.118 e. The van der Waals surface area contributed by atoms with Crippen LogP contribution in [0.5, 0.6) is 0 Å². The maximum absolute atomic E-state index is 10.1. The van der Waals surface area contributed by atoms with Gasteiger partial charge in [-0.3, -0.25) is 4.90 Å². The van der Waals surface area contributed by atoms with Crippen LogP contribution in [-0.4, -0.2) is 56.1 Å². The first kappa shape index (κ1) is 19.2. The average Bonchev–Trinajstić information content (AvgIpc) is 2.83. The zero-order valence-electron chi connectivity index (χ0n) is 14.4. The molecule has 0 aromatic carbocycles. The van der Waals surface area contributed by atoms with Gasteiger partial charge in [-0.2, -0.15) is 0 Å². The quantitative estimate of drug-likeness (QED) is 0.601. The molecule has 1 aromatic rings. The number of hydrogen-bond donors (Lipinski definition) is 1. The molecule has 0 spiro atoms. The third-order valence-electron chi connectivity index (χ3n) is 3.23. The van der Waals surface area contributed by atoms with Crippen LogP contribution in [-0.2, 0) is 16.0 Å².